The molecule has 3 atom stereocenters. The van der Waals surface area contributed by atoms with Crippen molar-refractivity contribution < 1.29 is 40.6 Å². The molecule has 2 aromatic heterocycles. The third-order valence-corrected chi connectivity index (χ3v) is 11.0. The number of hydrogen-bond acceptors (Lipinski definition) is 9. The van der Waals surface area contributed by atoms with Crippen LogP contribution in [0.4, 0.5) is 37.8 Å². The van der Waals surface area contributed by atoms with E-state index in [1.807, 2.05) is 16.7 Å². The molecule has 6 heterocycles. The van der Waals surface area contributed by atoms with E-state index < -0.39 is 40.4 Å². The molecule has 2 saturated heterocycles. The van der Waals surface area contributed by atoms with Crippen LogP contribution in [0, 0.1) is 12.8 Å². The zero-order valence-corrected chi connectivity index (χ0v) is 30.6. The Morgan fingerprint density at radius 3 is 2.69 bits per heavy atom. The third kappa shape index (κ3) is 7.12. The number of aromatic nitrogens is 4. The third-order valence-electron chi connectivity index (χ3n) is 10.7. The van der Waals surface area contributed by atoms with Crippen molar-refractivity contribution in [3.63, 3.8) is 0 Å². The van der Waals surface area contributed by atoms with Crippen molar-refractivity contribution in [3.05, 3.63) is 80.6 Å². The molecule has 0 radical (unpaired) electrons. The van der Waals surface area contributed by atoms with Gasteiger partial charge in [-0.2, -0.15) is 37.0 Å². The molecule has 1 unspecified atom stereocenters. The molecule has 0 spiro atoms. The summed E-state index contributed by atoms with van der Waals surface area (Å²) in [6.45, 7) is 3.50. The molecule has 18 heteroatoms. The highest BCUT2D eigenvalue weighted by Gasteiger charge is 2.51. The molecule has 2 fully saturated rings. The number of aryl methyl sites for hydroxylation is 1. The fourth-order valence-electron chi connectivity index (χ4n) is 8.26. The maximum Gasteiger partial charge on any atom is 0.418 e. The number of nitrogen functional groups attached to an aromatic ring is 1. The fourth-order valence-corrected chi connectivity index (χ4v) is 8.60. The molecule has 2 N–H and O–H groups in total. The van der Waals surface area contributed by atoms with Crippen molar-refractivity contribution in [2.75, 3.05) is 51.0 Å². The first-order valence-electron chi connectivity index (χ1n) is 17.5. The number of carbonyl (C=O) groups is 1. The number of nitrogens with two attached hydrogens (primary N) is 1. The minimum absolute atomic E-state index is 0.0351. The second-order valence-corrected chi connectivity index (χ2v) is 15.0. The van der Waals surface area contributed by atoms with Crippen LogP contribution in [0.15, 0.2) is 36.2 Å². The number of fused-ring (bicyclic) bond motifs is 3. The first kappa shape index (κ1) is 37.9. The van der Waals surface area contributed by atoms with Crippen molar-refractivity contribution in [1.29, 1.82) is 0 Å². The number of nitrogens with zero attached hydrogens (tertiary/aromatic N) is 7. The molecule has 1 aromatic carbocycles. The molecule has 0 aliphatic carbocycles. The molecule has 290 valence electrons. The molecular weight excluding hydrogens is 742 g/mol. The number of benzene rings is 1. The number of halogens is 7. The lowest BCUT2D eigenvalue weighted by molar-refractivity contribution is -0.139. The van der Waals surface area contributed by atoms with Crippen LogP contribution in [0.3, 0.4) is 0 Å². The van der Waals surface area contributed by atoms with Crippen LogP contribution < -0.4 is 15.4 Å². The Labute approximate surface area is 312 Å². The number of amides is 1. The first-order valence-corrected chi connectivity index (χ1v) is 17.8. The van der Waals surface area contributed by atoms with Gasteiger partial charge in [-0.05, 0) is 61.4 Å². The monoisotopic (exact) mass is 780 g/mol. The molecule has 4 aliphatic rings. The van der Waals surface area contributed by atoms with Crippen LogP contribution in [-0.4, -0.2) is 81.3 Å². The van der Waals surface area contributed by atoms with E-state index >= 15 is 0 Å². The summed E-state index contributed by atoms with van der Waals surface area (Å²) < 4.78 is 97.5. The molecule has 11 nitrogen and oxygen atoms in total. The van der Waals surface area contributed by atoms with Gasteiger partial charge in [0.05, 0.1) is 53.1 Å². The van der Waals surface area contributed by atoms with Crippen molar-refractivity contribution in [2.45, 2.75) is 70.1 Å². The number of rotatable bonds is 7. The molecule has 4 aliphatic heterocycles. The van der Waals surface area contributed by atoms with Crippen LogP contribution in [0.2, 0.25) is 5.02 Å². The molecule has 0 saturated carbocycles. The summed E-state index contributed by atoms with van der Waals surface area (Å²) in [5.41, 5.74) is 7.17. The summed E-state index contributed by atoms with van der Waals surface area (Å²) in [4.78, 5) is 27.8. The average Bonchev–Trinajstić information content (AvgIpc) is 3.65. The molecular formula is C36H39ClF6N8O3. The Morgan fingerprint density at radius 2 is 1.98 bits per heavy atom. The van der Waals surface area contributed by atoms with Crippen molar-refractivity contribution in [2.24, 2.45) is 5.92 Å². The summed E-state index contributed by atoms with van der Waals surface area (Å²) in [5, 5.41) is 4.05. The average molecular weight is 781 g/mol. The van der Waals surface area contributed by atoms with Gasteiger partial charge in [-0.1, -0.05) is 11.6 Å². The van der Waals surface area contributed by atoms with Crippen LogP contribution in [0.25, 0.3) is 0 Å². The molecule has 3 aromatic rings. The van der Waals surface area contributed by atoms with E-state index in [2.05, 4.69) is 5.10 Å². The second kappa shape index (κ2) is 14.4. The highest BCUT2D eigenvalue weighted by Crippen LogP contribution is 2.47. The molecule has 7 rings (SSSR count). The van der Waals surface area contributed by atoms with Gasteiger partial charge in [0.2, 0.25) is 0 Å². The van der Waals surface area contributed by atoms with Gasteiger partial charge in [-0.15, -0.1) is 0 Å². The lowest BCUT2D eigenvalue weighted by atomic mass is 9.89. The largest absolute Gasteiger partial charge is 0.461 e. The van der Waals surface area contributed by atoms with Gasteiger partial charge in [-0.3, -0.25) is 14.4 Å². The van der Waals surface area contributed by atoms with E-state index in [9.17, 15) is 31.1 Å². The number of carbonyl (C=O) groups excluding carboxylic acids is 1. The molecule has 54 heavy (non-hydrogen) atoms. The number of anilines is 2. The minimum atomic E-state index is -4.80. The summed E-state index contributed by atoms with van der Waals surface area (Å²) in [5.74, 6) is -0.277. The highest BCUT2D eigenvalue weighted by atomic mass is 35.5. The SMILES string of the molecule is Cc1c(C(=O)N(C)C)nn2c1CN(c1nc(OC[C@@]34C/C(=C/F)CN3C[C@H](C=C(F)F)C4)nc3c1COC(c1cc(N)cc(Cl)c1C(F)(F)F)C3)CCC2. The maximum atomic E-state index is 14.3. The predicted octanol–water partition coefficient (Wildman–Crippen LogP) is 6.64. The maximum absolute atomic E-state index is 14.3. The lowest BCUT2D eigenvalue weighted by Crippen LogP contribution is -2.43. The topological polar surface area (TPSA) is 115 Å². The minimum Gasteiger partial charge on any atom is -0.461 e. The Balaban J connectivity index is 1.27. The Morgan fingerprint density at radius 1 is 1.20 bits per heavy atom. The quantitative estimate of drug-likeness (QED) is 0.208. The normalized spacial score (nSPS) is 23.5. The smallest absolute Gasteiger partial charge is 0.418 e. The van der Waals surface area contributed by atoms with Gasteiger partial charge in [0.25, 0.3) is 12.0 Å². The Hall–Kier alpha value is -4.35. The zero-order chi connectivity index (χ0) is 38.7. The fraction of sp³-hybridized carbons (Fsp3) is 0.500. The van der Waals surface area contributed by atoms with Gasteiger partial charge in [-0.25, -0.2) is 4.39 Å². The van der Waals surface area contributed by atoms with E-state index in [0.717, 1.165) is 17.8 Å². The first-order chi connectivity index (χ1) is 25.6. The summed E-state index contributed by atoms with van der Waals surface area (Å²) in [6, 6.07) is 2.16. The number of hydrogen-bond donors (Lipinski definition) is 1. The predicted molar refractivity (Wildman–Crippen MR) is 187 cm³/mol. The van der Waals surface area contributed by atoms with E-state index in [-0.39, 0.29) is 68.7 Å². The highest BCUT2D eigenvalue weighted by molar-refractivity contribution is 6.31. The second-order valence-electron chi connectivity index (χ2n) is 14.6. The Bertz CT molecular complexity index is 2030. The van der Waals surface area contributed by atoms with Gasteiger partial charge in [0.1, 0.15) is 12.4 Å². The van der Waals surface area contributed by atoms with Gasteiger partial charge < -0.3 is 25.0 Å². The van der Waals surface area contributed by atoms with Gasteiger partial charge in [0.15, 0.2) is 5.69 Å². The molecule has 1 amide bonds. The van der Waals surface area contributed by atoms with E-state index in [1.165, 1.54) is 11.0 Å². The van der Waals surface area contributed by atoms with Gasteiger partial charge in [0, 0.05) is 63.5 Å². The van der Waals surface area contributed by atoms with Crippen LogP contribution >= 0.6 is 11.6 Å². The number of ether oxygens (including phenoxy) is 2. The Kier molecular flexibility index (Phi) is 10.1. The molecule has 0 bridgehead atoms. The van der Waals surface area contributed by atoms with Crippen LogP contribution in [0.5, 0.6) is 6.01 Å². The van der Waals surface area contributed by atoms with E-state index in [1.54, 1.807) is 18.8 Å². The van der Waals surface area contributed by atoms with Crippen LogP contribution in [-0.2, 0) is 37.0 Å². The number of alkyl halides is 3. The summed E-state index contributed by atoms with van der Waals surface area (Å²) in [6.07, 6.45) is -5.21. The van der Waals surface area contributed by atoms with E-state index in [4.69, 9.17) is 36.8 Å². The van der Waals surface area contributed by atoms with Crippen molar-refractivity contribution in [3.8, 4) is 6.01 Å². The van der Waals surface area contributed by atoms with E-state index in [0.29, 0.717) is 66.3 Å². The zero-order valence-electron chi connectivity index (χ0n) is 29.8. The van der Waals surface area contributed by atoms with Gasteiger partial charge >= 0.3 is 12.2 Å². The lowest BCUT2D eigenvalue weighted by Gasteiger charge is -2.33. The van der Waals surface area contributed by atoms with Crippen molar-refractivity contribution in [1.82, 2.24) is 29.5 Å². The summed E-state index contributed by atoms with van der Waals surface area (Å²) in [7, 11) is 3.30. The standard InChI is InChI=1S/C36H39ClF6N8O3/c1-19-27-16-49(5-4-6-51(27)47-31(19)33(52)48(2)3)32-24-17-53-28(23-8-22(44)9-25(37)30(23)36(41,42)43)10-26(24)45-34(46-32)54-18-35-11-20(7-29(39)40)14-50(35)15-21(12-35)13-38/h7-9,13,20,28H,4-6,10-12,14-18,44H2,1-3H3/b21-13-/t20-,28?,35-/m1/s1. The summed E-state index contributed by atoms with van der Waals surface area (Å²) >= 11 is 6.09. The van der Waals surface area contributed by atoms with Crippen LogP contribution in [0.1, 0.15) is 69.5 Å². The van der Waals surface area contributed by atoms with Crippen molar-refractivity contribution >= 4 is 29.0 Å².